The minimum atomic E-state index is -0.0165. The number of aryl methyl sites for hydroxylation is 1. The quantitative estimate of drug-likeness (QED) is 0.939. The van der Waals surface area contributed by atoms with Crippen LogP contribution in [0.4, 0.5) is 5.82 Å². The van der Waals surface area contributed by atoms with Crippen molar-refractivity contribution in [1.29, 1.82) is 0 Å². The van der Waals surface area contributed by atoms with Crippen LogP contribution in [0.2, 0.25) is 0 Å². The van der Waals surface area contributed by atoms with Gasteiger partial charge in [0.1, 0.15) is 5.01 Å². The third-order valence-electron chi connectivity index (χ3n) is 3.68. The zero-order valence-electron chi connectivity index (χ0n) is 12.0. The topological polar surface area (TPSA) is 63.1 Å². The van der Waals surface area contributed by atoms with Gasteiger partial charge in [0.2, 0.25) is 5.91 Å². The van der Waals surface area contributed by atoms with E-state index in [1.807, 2.05) is 24.8 Å². The van der Waals surface area contributed by atoms with Gasteiger partial charge in [0.25, 0.3) is 0 Å². The molecule has 0 bridgehead atoms. The van der Waals surface area contributed by atoms with E-state index in [1.165, 1.54) is 6.42 Å². The lowest BCUT2D eigenvalue weighted by Crippen LogP contribution is -2.39. The average molecular weight is 305 g/mol. The van der Waals surface area contributed by atoms with Crippen molar-refractivity contribution >= 4 is 23.1 Å². The number of carbonyl (C=O) groups is 1. The number of amides is 1. The third kappa shape index (κ3) is 3.48. The molecule has 21 heavy (non-hydrogen) atoms. The molecule has 3 heterocycles. The summed E-state index contributed by atoms with van der Waals surface area (Å²) >= 11 is 1.67. The highest BCUT2D eigenvalue weighted by Gasteiger charge is 2.27. The van der Waals surface area contributed by atoms with Crippen molar-refractivity contribution in [1.82, 2.24) is 19.7 Å². The second-order valence-corrected chi connectivity index (χ2v) is 6.20. The van der Waals surface area contributed by atoms with E-state index in [4.69, 9.17) is 0 Å². The van der Waals surface area contributed by atoms with E-state index in [0.29, 0.717) is 12.4 Å². The first kappa shape index (κ1) is 14.2. The van der Waals surface area contributed by atoms with Crippen molar-refractivity contribution in [2.24, 2.45) is 7.05 Å². The molecule has 7 heteroatoms. The van der Waals surface area contributed by atoms with E-state index in [9.17, 15) is 4.79 Å². The van der Waals surface area contributed by atoms with Crippen molar-refractivity contribution in [3.05, 3.63) is 28.8 Å². The van der Waals surface area contributed by atoms with Crippen LogP contribution in [0.1, 0.15) is 30.3 Å². The molecule has 3 rings (SSSR count). The summed E-state index contributed by atoms with van der Waals surface area (Å²) < 4.78 is 1.68. The smallest absolute Gasteiger partial charge is 0.239 e. The predicted molar refractivity (Wildman–Crippen MR) is 82.1 cm³/mol. The summed E-state index contributed by atoms with van der Waals surface area (Å²) in [6.45, 7) is 1.33. The molecule has 1 fully saturated rings. The zero-order chi connectivity index (χ0) is 14.7. The lowest BCUT2D eigenvalue weighted by atomic mass is 10.0. The van der Waals surface area contributed by atoms with Gasteiger partial charge in [0, 0.05) is 30.9 Å². The number of nitrogens with zero attached hydrogens (tertiary/aromatic N) is 4. The van der Waals surface area contributed by atoms with Crippen molar-refractivity contribution in [2.45, 2.75) is 25.3 Å². The molecule has 0 radical (unpaired) electrons. The predicted octanol–water partition coefficient (Wildman–Crippen LogP) is 2.04. The van der Waals surface area contributed by atoms with Gasteiger partial charge < -0.3 is 5.32 Å². The molecule has 1 N–H and O–H groups in total. The lowest BCUT2D eigenvalue weighted by Gasteiger charge is -2.33. The summed E-state index contributed by atoms with van der Waals surface area (Å²) in [6, 6.07) is 2.07. The van der Waals surface area contributed by atoms with Crippen LogP contribution in [0.3, 0.4) is 0 Å². The maximum absolute atomic E-state index is 12.2. The molecule has 1 saturated heterocycles. The number of hydrogen-bond acceptors (Lipinski definition) is 5. The van der Waals surface area contributed by atoms with Crippen LogP contribution in [0, 0.1) is 0 Å². The first-order valence-corrected chi connectivity index (χ1v) is 8.03. The molecule has 1 amide bonds. The summed E-state index contributed by atoms with van der Waals surface area (Å²) in [4.78, 5) is 18.8. The number of likely N-dealkylation sites (tertiary alicyclic amines) is 1. The van der Waals surface area contributed by atoms with Crippen LogP contribution in [0.15, 0.2) is 23.8 Å². The van der Waals surface area contributed by atoms with E-state index in [2.05, 4.69) is 20.3 Å². The molecule has 1 aliphatic heterocycles. The van der Waals surface area contributed by atoms with Crippen molar-refractivity contribution in [3.8, 4) is 0 Å². The van der Waals surface area contributed by atoms with Gasteiger partial charge in [-0.15, -0.1) is 11.3 Å². The first-order valence-electron chi connectivity index (χ1n) is 7.15. The van der Waals surface area contributed by atoms with E-state index < -0.39 is 0 Å². The Balaban J connectivity index is 1.63. The molecule has 0 aliphatic carbocycles. The SMILES string of the molecule is Cn1ccc(NC(=O)CN2CCCC[C@@H]2c2nccs2)n1. The number of thiazole rings is 1. The van der Waals surface area contributed by atoms with Gasteiger partial charge in [-0.05, 0) is 19.4 Å². The Morgan fingerprint density at radius 2 is 2.43 bits per heavy atom. The van der Waals surface area contributed by atoms with Gasteiger partial charge >= 0.3 is 0 Å². The maximum atomic E-state index is 12.2. The van der Waals surface area contributed by atoms with E-state index in [1.54, 1.807) is 22.1 Å². The molecule has 112 valence electrons. The third-order valence-corrected chi connectivity index (χ3v) is 4.55. The highest BCUT2D eigenvalue weighted by Crippen LogP contribution is 2.31. The highest BCUT2D eigenvalue weighted by atomic mass is 32.1. The van der Waals surface area contributed by atoms with Crippen molar-refractivity contribution in [3.63, 3.8) is 0 Å². The van der Waals surface area contributed by atoms with Crippen molar-refractivity contribution < 1.29 is 4.79 Å². The molecule has 2 aromatic rings. The van der Waals surface area contributed by atoms with Crippen LogP contribution < -0.4 is 5.32 Å². The number of piperidine rings is 1. The van der Waals surface area contributed by atoms with E-state index in [0.717, 1.165) is 24.4 Å². The van der Waals surface area contributed by atoms with Gasteiger partial charge in [-0.25, -0.2) is 4.98 Å². The molecule has 1 aliphatic rings. The minimum Gasteiger partial charge on any atom is -0.308 e. The molecule has 0 aromatic carbocycles. The Bertz CT molecular complexity index is 594. The van der Waals surface area contributed by atoms with Crippen LogP contribution in [-0.4, -0.2) is 38.7 Å². The van der Waals surface area contributed by atoms with Crippen LogP contribution >= 0.6 is 11.3 Å². The monoisotopic (exact) mass is 305 g/mol. The fraction of sp³-hybridized carbons (Fsp3) is 0.500. The number of anilines is 1. The average Bonchev–Trinajstić information content (AvgIpc) is 3.11. The number of aromatic nitrogens is 3. The van der Waals surface area contributed by atoms with Gasteiger partial charge in [0.05, 0.1) is 12.6 Å². The molecule has 0 unspecified atom stereocenters. The first-order chi connectivity index (χ1) is 10.2. The normalized spacial score (nSPS) is 19.6. The van der Waals surface area contributed by atoms with Gasteiger partial charge in [-0.3, -0.25) is 14.4 Å². The molecule has 0 spiro atoms. The van der Waals surface area contributed by atoms with Crippen LogP contribution in [0.5, 0.6) is 0 Å². The summed E-state index contributed by atoms with van der Waals surface area (Å²) in [5, 5.41) is 10.1. The van der Waals surface area contributed by atoms with E-state index in [-0.39, 0.29) is 11.9 Å². The number of nitrogens with one attached hydrogen (secondary N) is 1. The Morgan fingerprint density at radius 1 is 1.52 bits per heavy atom. The molecule has 1 atom stereocenters. The maximum Gasteiger partial charge on any atom is 0.239 e. The Hall–Kier alpha value is -1.73. The fourth-order valence-electron chi connectivity index (χ4n) is 2.71. The largest absolute Gasteiger partial charge is 0.308 e. The summed E-state index contributed by atoms with van der Waals surface area (Å²) in [6.07, 6.45) is 7.06. The molecular weight excluding hydrogens is 286 g/mol. The van der Waals surface area contributed by atoms with Gasteiger partial charge in [-0.1, -0.05) is 6.42 Å². The summed E-state index contributed by atoms with van der Waals surface area (Å²) in [5.74, 6) is 0.586. The zero-order valence-corrected chi connectivity index (χ0v) is 12.8. The van der Waals surface area contributed by atoms with Crippen LogP contribution in [-0.2, 0) is 11.8 Å². The Morgan fingerprint density at radius 3 is 3.14 bits per heavy atom. The molecular formula is C14H19N5OS. The van der Waals surface area contributed by atoms with Gasteiger partial charge in [-0.2, -0.15) is 5.10 Å². The Kier molecular flexibility index (Phi) is 4.31. The number of carbonyl (C=O) groups excluding carboxylic acids is 1. The molecule has 6 nitrogen and oxygen atoms in total. The second kappa shape index (κ2) is 6.36. The summed E-state index contributed by atoms with van der Waals surface area (Å²) in [7, 11) is 1.83. The number of rotatable bonds is 4. The highest BCUT2D eigenvalue weighted by molar-refractivity contribution is 7.09. The standard InChI is InChI=1S/C14H19N5OS/c1-18-8-5-12(17-18)16-13(20)10-19-7-3-2-4-11(19)14-15-6-9-21-14/h5-6,8-9,11H,2-4,7,10H2,1H3,(H,16,17,20)/t11-/m1/s1. The molecule has 0 saturated carbocycles. The second-order valence-electron chi connectivity index (χ2n) is 5.28. The lowest BCUT2D eigenvalue weighted by molar-refractivity contribution is -0.118. The van der Waals surface area contributed by atoms with E-state index >= 15 is 0 Å². The Labute approximate surface area is 127 Å². The summed E-state index contributed by atoms with van der Waals surface area (Å²) in [5.41, 5.74) is 0. The minimum absolute atomic E-state index is 0.0165. The van der Waals surface area contributed by atoms with Crippen LogP contribution in [0.25, 0.3) is 0 Å². The van der Waals surface area contributed by atoms with Gasteiger partial charge in [0.15, 0.2) is 5.82 Å². The van der Waals surface area contributed by atoms with Crippen molar-refractivity contribution in [2.75, 3.05) is 18.4 Å². The number of hydrogen-bond donors (Lipinski definition) is 1. The fourth-order valence-corrected chi connectivity index (χ4v) is 3.51. The molecule has 2 aromatic heterocycles.